The molecule has 3 rings (SSSR count). The van der Waals surface area contributed by atoms with Gasteiger partial charge in [-0.2, -0.15) is 0 Å². The molecule has 2 aromatic rings. The number of ether oxygens (including phenoxy) is 1. The molecule has 0 radical (unpaired) electrons. The van der Waals surface area contributed by atoms with Crippen LogP contribution in [0.4, 0.5) is 5.82 Å². The molecule has 2 aromatic heterocycles. The minimum absolute atomic E-state index is 0.424. The Kier molecular flexibility index (Phi) is 4.63. The van der Waals surface area contributed by atoms with Gasteiger partial charge in [0.1, 0.15) is 12.1 Å². The monoisotopic (exact) mass is 298 g/mol. The summed E-state index contributed by atoms with van der Waals surface area (Å²) in [5.41, 5.74) is 3.31. The van der Waals surface area contributed by atoms with Gasteiger partial charge in [0, 0.05) is 42.7 Å². The van der Waals surface area contributed by atoms with Crippen LogP contribution in [-0.2, 0) is 11.2 Å². The third-order valence-corrected chi connectivity index (χ3v) is 3.92. The quantitative estimate of drug-likeness (QED) is 0.869. The lowest BCUT2D eigenvalue weighted by Gasteiger charge is -2.24. The zero-order valence-corrected chi connectivity index (χ0v) is 13.2. The lowest BCUT2D eigenvalue weighted by Crippen LogP contribution is -2.31. The van der Waals surface area contributed by atoms with Gasteiger partial charge in [0.25, 0.3) is 0 Å². The van der Waals surface area contributed by atoms with E-state index in [0.29, 0.717) is 5.92 Å². The maximum absolute atomic E-state index is 5.77. The SMILES string of the molecule is Cc1ccc(CC2COCCN(c3cc(C)ncn3)C2)nc1. The average molecular weight is 298 g/mol. The van der Waals surface area contributed by atoms with Crippen molar-refractivity contribution in [3.05, 3.63) is 47.7 Å². The Hall–Kier alpha value is -2.01. The molecule has 0 amide bonds. The van der Waals surface area contributed by atoms with Crippen LogP contribution in [0.25, 0.3) is 0 Å². The van der Waals surface area contributed by atoms with E-state index in [1.54, 1.807) is 6.33 Å². The van der Waals surface area contributed by atoms with Crippen LogP contribution in [0.3, 0.4) is 0 Å². The molecular formula is C17H22N4O. The summed E-state index contributed by atoms with van der Waals surface area (Å²) in [7, 11) is 0. The number of nitrogens with zero attached hydrogens (tertiary/aromatic N) is 4. The minimum Gasteiger partial charge on any atom is -0.379 e. The number of pyridine rings is 1. The van der Waals surface area contributed by atoms with E-state index in [1.165, 1.54) is 5.56 Å². The van der Waals surface area contributed by atoms with E-state index in [-0.39, 0.29) is 0 Å². The van der Waals surface area contributed by atoms with Crippen molar-refractivity contribution < 1.29 is 4.74 Å². The standard InChI is InChI=1S/C17H22N4O/c1-13-3-4-16(18-9-13)8-15-10-21(5-6-22-11-15)17-7-14(2)19-12-20-17/h3-4,7,9,12,15H,5-6,8,10-11H2,1-2H3. The molecule has 1 saturated heterocycles. The summed E-state index contributed by atoms with van der Waals surface area (Å²) >= 11 is 0. The summed E-state index contributed by atoms with van der Waals surface area (Å²) in [6, 6.07) is 6.26. The van der Waals surface area contributed by atoms with Crippen LogP contribution in [0.2, 0.25) is 0 Å². The molecule has 22 heavy (non-hydrogen) atoms. The largest absolute Gasteiger partial charge is 0.379 e. The number of anilines is 1. The number of rotatable bonds is 3. The second-order valence-corrected chi connectivity index (χ2v) is 5.94. The maximum Gasteiger partial charge on any atom is 0.132 e. The molecule has 1 aliphatic rings. The summed E-state index contributed by atoms with van der Waals surface area (Å²) < 4.78 is 5.77. The van der Waals surface area contributed by atoms with E-state index in [4.69, 9.17) is 4.74 Å². The third-order valence-electron chi connectivity index (χ3n) is 3.92. The zero-order chi connectivity index (χ0) is 15.4. The van der Waals surface area contributed by atoms with E-state index in [0.717, 1.165) is 49.9 Å². The van der Waals surface area contributed by atoms with Crippen molar-refractivity contribution in [2.24, 2.45) is 5.92 Å². The van der Waals surface area contributed by atoms with Gasteiger partial charge in [-0.25, -0.2) is 9.97 Å². The number of aryl methyl sites for hydroxylation is 2. The highest BCUT2D eigenvalue weighted by molar-refractivity contribution is 5.39. The molecule has 1 aliphatic heterocycles. The van der Waals surface area contributed by atoms with Gasteiger partial charge in [-0.05, 0) is 31.9 Å². The molecule has 0 spiro atoms. The second kappa shape index (κ2) is 6.83. The Morgan fingerprint density at radius 2 is 2.14 bits per heavy atom. The summed E-state index contributed by atoms with van der Waals surface area (Å²) in [5.74, 6) is 1.41. The van der Waals surface area contributed by atoms with Crippen LogP contribution >= 0.6 is 0 Å². The van der Waals surface area contributed by atoms with Gasteiger partial charge in [0.05, 0.1) is 13.2 Å². The van der Waals surface area contributed by atoms with E-state index in [1.807, 2.05) is 19.2 Å². The molecule has 0 saturated carbocycles. The first-order valence-electron chi connectivity index (χ1n) is 7.73. The number of hydrogen-bond donors (Lipinski definition) is 0. The highest BCUT2D eigenvalue weighted by Crippen LogP contribution is 2.18. The Morgan fingerprint density at radius 3 is 2.91 bits per heavy atom. The van der Waals surface area contributed by atoms with Crippen LogP contribution in [0.15, 0.2) is 30.7 Å². The molecule has 1 fully saturated rings. The number of aromatic nitrogens is 3. The lowest BCUT2D eigenvalue weighted by molar-refractivity contribution is 0.123. The van der Waals surface area contributed by atoms with Crippen LogP contribution in [0.1, 0.15) is 17.0 Å². The molecule has 5 heteroatoms. The summed E-state index contributed by atoms with van der Waals surface area (Å²) in [4.78, 5) is 15.4. The maximum atomic E-state index is 5.77. The van der Waals surface area contributed by atoms with Gasteiger partial charge < -0.3 is 9.64 Å². The molecule has 1 atom stereocenters. The fourth-order valence-electron chi connectivity index (χ4n) is 2.74. The summed E-state index contributed by atoms with van der Waals surface area (Å²) in [6.45, 7) is 7.37. The van der Waals surface area contributed by atoms with Crippen molar-refractivity contribution in [2.45, 2.75) is 20.3 Å². The number of hydrogen-bond acceptors (Lipinski definition) is 5. The van der Waals surface area contributed by atoms with Crippen molar-refractivity contribution >= 4 is 5.82 Å². The van der Waals surface area contributed by atoms with Gasteiger partial charge in [0.2, 0.25) is 0 Å². The molecule has 0 aliphatic carbocycles. The second-order valence-electron chi connectivity index (χ2n) is 5.94. The first-order valence-corrected chi connectivity index (χ1v) is 7.73. The fourth-order valence-corrected chi connectivity index (χ4v) is 2.74. The lowest BCUT2D eigenvalue weighted by atomic mass is 10.0. The van der Waals surface area contributed by atoms with E-state index in [2.05, 4.69) is 38.9 Å². The van der Waals surface area contributed by atoms with Crippen LogP contribution < -0.4 is 4.90 Å². The smallest absolute Gasteiger partial charge is 0.132 e. The Labute approximate surface area is 131 Å². The third kappa shape index (κ3) is 3.80. The molecule has 116 valence electrons. The minimum atomic E-state index is 0.424. The van der Waals surface area contributed by atoms with Gasteiger partial charge >= 0.3 is 0 Å². The van der Waals surface area contributed by atoms with Gasteiger partial charge in [-0.1, -0.05) is 6.07 Å². The summed E-state index contributed by atoms with van der Waals surface area (Å²) in [5, 5.41) is 0. The molecule has 0 aromatic carbocycles. The Bertz CT molecular complexity index is 614. The van der Waals surface area contributed by atoms with Gasteiger partial charge in [-0.15, -0.1) is 0 Å². The molecule has 0 N–H and O–H groups in total. The topological polar surface area (TPSA) is 51.1 Å². The first-order chi connectivity index (χ1) is 10.7. The molecule has 5 nitrogen and oxygen atoms in total. The highest BCUT2D eigenvalue weighted by Gasteiger charge is 2.20. The Morgan fingerprint density at radius 1 is 1.23 bits per heavy atom. The van der Waals surface area contributed by atoms with Gasteiger partial charge in [-0.3, -0.25) is 4.98 Å². The van der Waals surface area contributed by atoms with E-state index in [9.17, 15) is 0 Å². The average Bonchev–Trinajstić information content (AvgIpc) is 2.75. The normalized spacial score (nSPS) is 19.0. The molecular weight excluding hydrogens is 276 g/mol. The molecule has 1 unspecified atom stereocenters. The highest BCUT2D eigenvalue weighted by atomic mass is 16.5. The Balaban J connectivity index is 1.71. The van der Waals surface area contributed by atoms with Gasteiger partial charge in [0.15, 0.2) is 0 Å². The predicted molar refractivity (Wildman–Crippen MR) is 86.0 cm³/mol. The van der Waals surface area contributed by atoms with Crippen molar-refractivity contribution in [2.75, 3.05) is 31.2 Å². The first kappa shape index (κ1) is 14.9. The van der Waals surface area contributed by atoms with Crippen molar-refractivity contribution in [3.63, 3.8) is 0 Å². The van der Waals surface area contributed by atoms with Crippen molar-refractivity contribution in [3.8, 4) is 0 Å². The van der Waals surface area contributed by atoms with Crippen molar-refractivity contribution in [1.29, 1.82) is 0 Å². The van der Waals surface area contributed by atoms with Crippen LogP contribution in [-0.4, -0.2) is 41.3 Å². The zero-order valence-electron chi connectivity index (χ0n) is 13.2. The van der Waals surface area contributed by atoms with Crippen LogP contribution in [0.5, 0.6) is 0 Å². The molecule has 0 bridgehead atoms. The van der Waals surface area contributed by atoms with Crippen molar-refractivity contribution in [1.82, 2.24) is 15.0 Å². The molecule has 3 heterocycles. The predicted octanol–water partition coefficient (Wildman–Crippen LogP) is 2.18. The van der Waals surface area contributed by atoms with Crippen LogP contribution in [0, 0.1) is 19.8 Å². The van der Waals surface area contributed by atoms with E-state index >= 15 is 0 Å². The summed E-state index contributed by atoms with van der Waals surface area (Å²) in [6.07, 6.45) is 4.49. The fraction of sp³-hybridized carbons (Fsp3) is 0.471. The van der Waals surface area contributed by atoms with E-state index < -0.39 is 0 Å².